The summed E-state index contributed by atoms with van der Waals surface area (Å²) in [7, 11) is 1.37. The minimum Gasteiger partial charge on any atom is -0.469 e. The Hall–Kier alpha value is -2.49. The number of nitrogens with zero attached hydrogens (tertiary/aromatic N) is 4. The maximum absolute atomic E-state index is 14.4. The van der Waals surface area contributed by atoms with Crippen molar-refractivity contribution in [3.63, 3.8) is 0 Å². The number of rotatable bonds is 5. The molecule has 3 heterocycles. The Labute approximate surface area is 177 Å². The van der Waals surface area contributed by atoms with E-state index in [1.54, 1.807) is 4.90 Å². The molecule has 1 unspecified atom stereocenters. The molecule has 0 N–H and O–H groups in total. The Balaban J connectivity index is 1.63. The third kappa shape index (κ3) is 3.57. The molecule has 160 valence electrons. The third-order valence-corrected chi connectivity index (χ3v) is 6.43. The second-order valence-electron chi connectivity index (χ2n) is 7.76. The maximum atomic E-state index is 14.4. The summed E-state index contributed by atoms with van der Waals surface area (Å²) in [5, 5.41) is 4.08. The monoisotopic (exact) mass is 436 g/mol. The van der Waals surface area contributed by atoms with E-state index >= 15 is 0 Å². The number of carbonyl (C=O) groups excluding carboxylic acids is 2. The van der Waals surface area contributed by atoms with E-state index < -0.39 is 5.82 Å². The van der Waals surface area contributed by atoms with Crippen molar-refractivity contribution in [2.24, 2.45) is 5.92 Å². The zero-order valence-electron chi connectivity index (χ0n) is 16.7. The van der Waals surface area contributed by atoms with Crippen LogP contribution in [0.15, 0.2) is 18.3 Å². The molecule has 1 aliphatic heterocycles. The molecular weight excluding hydrogens is 414 g/mol. The lowest BCUT2D eigenvalue weighted by Gasteiger charge is -2.38. The number of hydrogen-bond acceptors (Lipinski definition) is 6. The van der Waals surface area contributed by atoms with Gasteiger partial charge < -0.3 is 9.64 Å². The van der Waals surface area contributed by atoms with Gasteiger partial charge >= 0.3 is 5.97 Å². The second-order valence-corrected chi connectivity index (χ2v) is 8.24. The SMILES string of the molecule is CCc1cc(-c2cc(C(=O)N3CCC(C(=O)OC)CC34CC4)nn2SF)c(F)cn1. The van der Waals surface area contributed by atoms with Crippen molar-refractivity contribution in [2.75, 3.05) is 13.7 Å². The Morgan fingerprint density at radius 1 is 1.37 bits per heavy atom. The van der Waals surface area contributed by atoms with Crippen LogP contribution >= 0.6 is 12.3 Å². The van der Waals surface area contributed by atoms with E-state index in [4.69, 9.17) is 4.74 Å². The van der Waals surface area contributed by atoms with Gasteiger partial charge in [-0.1, -0.05) is 6.92 Å². The van der Waals surface area contributed by atoms with Gasteiger partial charge in [-0.15, -0.1) is 3.89 Å². The first-order chi connectivity index (χ1) is 14.4. The maximum Gasteiger partial charge on any atom is 0.308 e. The molecule has 2 fully saturated rings. The number of likely N-dealkylation sites (tertiary alicyclic amines) is 1. The van der Waals surface area contributed by atoms with Gasteiger partial charge in [-0.25, -0.2) is 4.39 Å². The highest BCUT2D eigenvalue weighted by Gasteiger charge is 2.55. The molecular formula is C20H22F2N4O3S. The van der Waals surface area contributed by atoms with Crippen LogP contribution in [-0.4, -0.2) is 50.1 Å². The fourth-order valence-electron chi connectivity index (χ4n) is 4.21. The Morgan fingerprint density at radius 3 is 2.77 bits per heavy atom. The molecule has 1 aliphatic carbocycles. The summed E-state index contributed by atoms with van der Waals surface area (Å²) in [6, 6.07) is 2.95. The van der Waals surface area contributed by atoms with Crippen LogP contribution in [-0.2, 0) is 16.0 Å². The highest BCUT2D eigenvalue weighted by Crippen LogP contribution is 2.50. The van der Waals surface area contributed by atoms with Crippen LogP contribution in [0.1, 0.15) is 48.8 Å². The van der Waals surface area contributed by atoms with Crippen molar-refractivity contribution in [1.82, 2.24) is 19.1 Å². The number of aromatic nitrogens is 3. The van der Waals surface area contributed by atoms with Gasteiger partial charge in [-0.05, 0) is 44.2 Å². The molecule has 1 atom stereocenters. The molecule has 0 aromatic carbocycles. The van der Waals surface area contributed by atoms with Gasteiger partial charge in [0.15, 0.2) is 23.8 Å². The molecule has 2 aromatic heterocycles. The number of aryl methyl sites for hydroxylation is 1. The van der Waals surface area contributed by atoms with Gasteiger partial charge in [0, 0.05) is 23.3 Å². The summed E-state index contributed by atoms with van der Waals surface area (Å²) in [6.07, 6.45) is 4.34. The molecule has 0 bridgehead atoms. The molecule has 1 amide bonds. The summed E-state index contributed by atoms with van der Waals surface area (Å²) < 4.78 is 33.7. The summed E-state index contributed by atoms with van der Waals surface area (Å²) in [4.78, 5) is 30.9. The largest absolute Gasteiger partial charge is 0.469 e. The van der Waals surface area contributed by atoms with E-state index in [1.165, 1.54) is 19.2 Å². The van der Waals surface area contributed by atoms with E-state index in [9.17, 15) is 17.9 Å². The second kappa shape index (κ2) is 7.98. The predicted molar refractivity (Wildman–Crippen MR) is 107 cm³/mol. The van der Waals surface area contributed by atoms with E-state index in [0.717, 1.165) is 23.1 Å². The number of carbonyl (C=O) groups is 2. The number of ether oxygens (including phenoxy) is 1. The smallest absolute Gasteiger partial charge is 0.308 e. The first-order valence-corrected chi connectivity index (χ1v) is 10.5. The Bertz CT molecular complexity index is 992. The van der Waals surface area contributed by atoms with Gasteiger partial charge in [-0.3, -0.25) is 14.6 Å². The van der Waals surface area contributed by atoms with Crippen LogP contribution in [0.4, 0.5) is 8.28 Å². The van der Waals surface area contributed by atoms with Gasteiger partial charge in [0.1, 0.15) is 0 Å². The molecule has 4 rings (SSSR count). The molecule has 1 saturated heterocycles. The van der Waals surface area contributed by atoms with E-state index in [1.807, 2.05) is 6.92 Å². The quantitative estimate of drug-likeness (QED) is 0.667. The Kier molecular flexibility index (Phi) is 5.52. The summed E-state index contributed by atoms with van der Waals surface area (Å²) >= 11 is -0.193. The van der Waals surface area contributed by atoms with Gasteiger partial charge in [0.05, 0.1) is 24.9 Å². The molecule has 2 aromatic rings. The number of amides is 1. The van der Waals surface area contributed by atoms with Gasteiger partial charge in [-0.2, -0.15) is 9.19 Å². The first kappa shape index (κ1) is 20.8. The molecule has 1 spiro atoms. The summed E-state index contributed by atoms with van der Waals surface area (Å²) in [5.41, 5.74) is 0.627. The fraction of sp³-hybridized carbons (Fsp3) is 0.500. The van der Waals surface area contributed by atoms with Crippen molar-refractivity contribution >= 4 is 24.2 Å². The molecule has 1 saturated carbocycles. The average molecular weight is 436 g/mol. The number of hydrogen-bond donors (Lipinski definition) is 0. The van der Waals surface area contributed by atoms with E-state index in [2.05, 4.69) is 10.1 Å². The first-order valence-electron chi connectivity index (χ1n) is 9.86. The zero-order valence-corrected chi connectivity index (χ0v) is 17.5. The lowest BCUT2D eigenvalue weighted by molar-refractivity contribution is -0.147. The van der Waals surface area contributed by atoms with Crippen LogP contribution in [0.25, 0.3) is 11.3 Å². The van der Waals surface area contributed by atoms with Gasteiger partial charge in [0.2, 0.25) is 0 Å². The van der Waals surface area contributed by atoms with Crippen molar-refractivity contribution in [2.45, 2.75) is 44.6 Å². The number of methoxy groups -OCH3 is 1. The van der Waals surface area contributed by atoms with E-state index in [-0.39, 0.29) is 52.6 Å². The minimum absolute atomic E-state index is 0.0483. The molecule has 0 radical (unpaired) electrons. The highest BCUT2D eigenvalue weighted by molar-refractivity contribution is 7.92. The molecule has 30 heavy (non-hydrogen) atoms. The van der Waals surface area contributed by atoms with Crippen LogP contribution in [0, 0.1) is 11.7 Å². The lowest BCUT2D eigenvalue weighted by atomic mass is 9.88. The predicted octanol–water partition coefficient (Wildman–Crippen LogP) is 3.59. The third-order valence-electron chi connectivity index (χ3n) is 6.02. The van der Waals surface area contributed by atoms with Crippen LogP contribution in [0.5, 0.6) is 0 Å². The van der Waals surface area contributed by atoms with Crippen molar-refractivity contribution in [1.29, 1.82) is 0 Å². The molecule has 10 heteroatoms. The van der Waals surface area contributed by atoms with Crippen LogP contribution in [0.3, 0.4) is 0 Å². The standard InChI is InChI=1S/C20H22F2N4O3S/c1-3-13-8-14(15(21)11-23-13)17-9-16(24-26(17)30-22)18(27)25-7-4-12(19(28)29-2)10-20(25)5-6-20/h8-9,11-12H,3-7,10H2,1-2H3. The van der Waals surface area contributed by atoms with Crippen molar-refractivity contribution < 1.29 is 22.6 Å². The topological polar surface area (TPSA) is 77.3 Å². The highest BCUT2D eigenvalue weighted by atomic mass is 32.2. The van der Waals surface area contributed by atoms with Crippen molar-refractivity contribution in [3.8, 4) is 11.3 Å². The zero-order chi connectivity index (χ0) is 21.5. The molecule has 7 nitrogen and oxygen atoms in total. The van der Waals surface area contributed by atoms with E-state index in [0.29, 0.717) is 31.5 Å². The van der Waals surface area contributed by atoms with Gasteiger partial charge in [0.25, 0.3) is 5.91 Å². The number of piperidine rings is 1. The average Bonchev–Trinajstić information content (AvgIpc) is 3.38. The fourth-order valence-corrected chi connectivity index (χ4v) is 4.55. The number of esters is 1. The number of pyridine rings is 1. The minimum atomic E-state index is -0.612. The normalized spacial score (nSPS) is 19.7. The van der Waals surface area contributed by atoms with Crippen LogP contribution < -0.4 is 0 Å². The Morgan fingerprint density at radius 2 is 2.13 bits per heavy atom. The lowest BCUT2D eigenvalue weighted by Crippen LogP contribution is -2.49. The summed E-state index contributed by atoms with van der Waals surface area (Å²) in [6.45, 7) is 2.28. The molecule has 2 aliphatic rings. The summed E-state index contributed by atoms with van der Waals surface area (Å²) in [5.74, 6) is -1.43. The van der Waals surface area contributed by atoms with Crippen molar-refractivity contribution in [3.05, 3.63) is 35.5 Å². The van der Waals surface area contributed by atoms with Crippen LogP contribution in [0.2, 0.25) is 0 Å². The number of halogens is 2.